The molecule has 1 heterocycles. The number of nitro groups is 1. The van der Waals surface area contributed by atoms with Crippen molar-refractivity contribution in [2.75, 3.05) is 5.32 Å². The fourth-order valence-electron chi connectivity index (χ4n) is 2.30. The first kappa shape index (κ1) is 15.6. The number of nitrogens with one attached hydrogen (secondary N) is 1. The van der Waals surface area contributed by atoms with Gasteiger partial charge in [-0.3, -0.25) is 10.1 Å². The zero-order valence-electron chi connectivity index (χ0n) is 12.5. The van der Waals surface area contributed by atoms with Crippen molar-refractivity contribution in [2.45, 2.75) is 27.3 Å². The smallest absolute Gasteiger partial charge is 0.274 e. The third-order valence-corrected chi connectivity index (χ3v) is 4.49. The van der Waals surface area contributed by atoms with E-state index < -0.39 is 0 Å². The van der Waals surface area contributed by atoms with Crippen molar-refractivity contribution in [1.82, 2.24) is 4.57 Å². The molecule has 0 saturated carbocycles. The predicted octanol–water partition coefficient (Wildman–Crippen LogP) is 4.23. The summed E-state index contributed by atoms with van der Waals surface area (Å²) in [7, 11) is 2.03. The first-order valence-electron chi connectivity index (χ1n) is 6.61. The van der Waals surface area contributed by atoms with Gasteiger partial charge in [0.25, 0.3) is 5.69 Å². The first-order valence-corrected chi connectivity index (χ1v) is 7.40. The highest BCUT2D eigenvalue weighted by Crippen LogP contribution is 2.31. The van der Waals surface area contributed by atoms with Gasteiger partial charge >= 0.3 is 0 Å². The van der Waals surface area contributed by atoms with Crippen molar-refractivity contribution < 1.29 is 4.92 Å². The van der Waals surface area contributed by atoms with Gasteiger partial charge < -0.3 is 9.88 Å². The number of nitrogens with zero attached hydrogens (tertiary/aromatic N) is 2. The van der Waals surface area contributed by atoms with E-state index in [0.717, 1.165) is 10.2 Å². The summed E-state index contributed by atoms with van der Waals surface area (Å²) in [5.74, 6) is 0. The summed E-state index contributed by atoms with van der Waals surface area (Å²) in [6, 6.07) is 5.47. The van der Waals surface area contributed by atoms with Crippen LogP contribution in [0, 0.1) is 30.9 Å². The summed E-state index contributed by atoms with van der Waals surface area (Å²) < 4.78 is 2.96. The number of hydrogen-bond donors (Lipinski definition) is 1. The molecule has 0 atom stereocenters. The molecule has 6 heteroatoms. The van der Waals surface area contributed by atoms with E-state index >= 15 is 0 Å². The zero-order chi connectivity index (χ0) is 15.7. The highest BCUT2D eigenvalue weighted by molar-refractivity contribution is 9.10. The van der Waals surface area contributed by atoms with Gasteiger partial charge in [-0.05, 0) is 54.4 Å². The van der Waals surface area contributed by atoms with E-state index in [1.807, 2.05) is 7.05 Å². The molecule has 112 valence electrons. The van der Waals surface area contributed by atoms with Crippen LogP contribution in [-0.2, 0) is 13.6 Å². The van der Waals surface area contributed by atoms with Gasteiger partial charge in [-0.2, -0.15) is 0 Å². The molecule has 0 bridgehead atoms. The number of aryl methyl sites for hydroxylation is 2. The van der Waals surface area contributed by atoms with E-state index in [1.54, 1.807) is 19.1 Å². The molecular weight excluding hydrogens is 334 g/mol. The summed E-state index contributed by atoms with van der Waals surface area (Å²) in [6.07, 6.45) is 0. The van der Waals surface area contributed by atoms with Crippen molar-refractivity contribution in [2.24, 2.45) is 7.05 Å². The Morgan fingerprint density at radius 3 is 2.48 bits per heavy atom. The zero-order valence-corrected chi connectivity index (χ0v) is 14.1. The monoisotopic (exact) mass is 351 g/mol. The Balaban J connectivity index is 2.25. The second-order valence-corrected chi connectivity index (χ2v) is 6.04. The lowest BCUT2D eigenvalue weighted by molar-refractivity contribution is -0.385. The van der Waals surface area contributed by atoms with Crippen LogP contribution < -0.4 is 5.32 Å². The Bertz CT molecular complexity index is 707. The average Bonchev–Trinajstić information content (AvgIpc) is 2.65. The van der Waals surface area contributed by atoms with Gasteiger partial charge in [0.2, 0.25) is 0 Å². The number of aromatic nitrogens is 1. The van der Waals surface area contributed by atoms with E-state index in [4.69, 9.17) is 0 Å². The number of anilines is 1. The van der Waals surface area contributed by atoms with E-state index in [-0.39, 0.29) is 10.6 Å². The maximum atomic E-state index is 11.0. The molecule has 2 rings (SSSR count). The molecule has 5 nitrogen and oxygen atoms in total. The van der Waals surface area contributed by atoms with Gasteiger partial charge in [0.05, 0.1) is 10.6 Å². The molecular formula is C15H18BrN3O2. The molecule has 0 fully saturated rings. The van der Waals surface area contributed by atoms with E-state index in [2.05, 4.69) is 45.7 Å². The van der Waals surface area contributed by atoms with Gasteiger partial charge in [0.15, 0.2) is 0 Å². The molecule has 0 spiro atoms. The summed E-state index contributed by atoms with van der Waals surface area (Å²) in [4.78, 5) is 10.7. The molecule has 0 aliphatic heterocycles. The summed E-state index contributed by atoms with van der Waals surface area (Å²) in [6.45, 7) is 6.49. The molecule has 2 aromatic rings. The van der Waals surface area contributed by atoms with Crippen LogP contribution in [0.4, 0.5) is 11.4 Å². The molecule has 0 aliphatic rings. The molecule has 1 aromatic heterocycles. The molecule has 21 heavy (non-hydrogen) atoms. The number of rotatable bonds is 4. The van der Waals surface area contributed by atoms with Crippen LogP contribution in [0.25, 0.3) is 0 Å². The summed E-state index contributed by atoms with van der Waals surface area (Å²) in [5, 5.41) is 14.3. The van der Waals surface area contributed by atoms with Crippen LogP contribution in [0.2, 0.25) is 0 Å². The fourth-order valence-corrected chi connectivity index (χ4v) is 2.89. The summed E-state index contributed by atoms with van der Waals surface area (Å²) >= 11 is 3.45. The van der Waals surface area contributed by atoms with E-state index in [9.17, 15) is 10.1 Å². The Morgan fingerprint density at radius 1 is 1.29 bits per heavy atom. The minimum atomic E-state index is -0.356. The Morgan fingerprint density at radius 2 is 1.95 bits per heavy atom. The molecule has 0 unspecified atom stereocenters. The third-order valence-electron chi connectivity index (χ3n) is 3.83. The average molecular weight is 352 g/mol. The molecule has 0 amide bonds. The van der Waals surface area contributed by atoms with Crippen molar-refractivity contribution in [1.29, 1.82) is 0 Å². The highest BCUT2D eigenvalue weighted by Gasteiger charge is 2.14. The Labute approximate surface area is 132 Å². The Kier molecular flexibility index (Phi) is 4.37. The molecule has 1 aromatic carbocycles. The van der Waals surface area contributed by atoms with Gasteiger partial charge in [0.1, 0.15) is 0 Å². The van der Waals surface area contributed by atoms with Crippen molar-refractivity contribution >= 4 is 27.3 Å². The van der Waals surface area contributed by atoms with Crippen LogP contribution in [-0.4, -0.2) is 9.49 Å². The van der Waals surface area contributed by atoms with E-state index in [1.165, 1.54) is 17.0 Å². The maximum absolute atomic E-state index is 11.0. The van der Waals surface area contributed by atoms with Crippen LogP contribution in [0.3, 0.4) is 0 Å². The first-order chi connectivity index (χ1) is 9.81. The lowest BCUT2D eigenvalue weighted by Gasteiger charge is -2.10. The Hall–Kier alpha value is -1.82. The SMILES string of the molecule is Cc1cc(Br)c(NCc2cc(C)n(C)c2C)cc1[N+](=O)[O-]. The van der Waals surface area contributed by atoms with Gasteiger partial charge in [-0.1, -0.05) is 0 Å². The largest absolute Gasteiger partial charge is 0.380 e. The third kappa shape index (κ3) is 3.10. The van der Waals surface area contributed by atoms with Gasteiger partial charge in [-0.25, -0.2) is 0 Å². The molecule has 0 aliphatic carbocycles. The second-order valence-electron chi connectivity index (χ2n) is 5.18. The normalized spacial score (nSPS) is 10.7. The number of nitro benzene ring substituents is 1. The molecule has 0 saturated heterocycles. The number of benzene rings is 1. The fraction of sp³-hybridized carbons (Fsp3) is 0.333. The van der Waals surface area contributed by atoms with Crippen LogP contribution in [0.1, 0.15) is 22.5 Å². The van der Waals surface area contributed by atoms with Crippen LogP contribution >= 0.6 is 15.9 Å². The standard InChI is InChI=1S/C15H18BrN3O2/c1-9-5-13(16)14(7-15(9)19(20)21)17-8-12-6-10(2)18(4)11(12)3/h5-7,17H,8H2,1-4H3. The van der Waals surface area contributed by atoms with Crippen molar-refractivity contribution in [3.8, 4) is 0 Å². The summed E-state index contributed by atoms with van der Waals surface area (Å²) in [5.41, 5.74) is 5.07. The van der Waals surface area contributed by atoms with Gasteiger partial charge in [-0.15, -0.1) is 0 Å². The minimum Gasteiger partial charge on any atom is -0.380 e. The molecule has 0 radical (unpaired) electrons. The topological polar surface area (TPSA) is 60.1 Å². The van der Waals surface area contributed by atoms with Crippen molar-refractivity contribution in [3.63, 3.8) is 0 Å². The number of hydrogen-bond acceptors (Lipinski definition) is 3. The van der Waals surface area contributed by atoms with Crippen LogP contribution in [0.5, 0.6) is 0 Å². The lowest BCUT2D eigenvalue weighted by Crippen LogP contribution is -2.03. The quantitative estimate of drug-likeness (QED) is 0.662. The van der Waals surface area contributed by atoms with Crippen LogP contribution in [0.15, 0.2) is 22.7 Å². The maximum Gasteiger partial charge on any atom is 0.274 e. The van der Waals surface area contributed by atoms with E-state index in [0.29, 0.717) is 12.1 Å². The highest BCUT2D eigenvalue weighted by atomic mass is 79.9. The predicted molar refractivity (Wildman–Crippen MR) is 87.7 cm³/mol. The molecule has 1 N–H and O–H groups in total. The second kappa shape index (κ2) is 5.89. The number of halogens is 1. The lowest BCUT2D eigenvalue weighted by atomic mass is 10.1. The minimum absolute atomic E-state index is 0.127. The van der Waals surface area contributed by atoms with Crippen molar-refractivity contribution in [3.05, 3.63) is 55.3 Å². The van der Waals surface area contributed by atoms with Gasteiger partial charge in [0, 0.05) is 41.1 Å².